The highest BCUT2D eigenvalue weighted by Crippen LogP contribution is 2.42. The first-order chi connectivity index (χ1) is 25.0. The quantitative estimate of drug-likeness (QED) is 0.177. The van der Waals surface area contributed by atoms with E-state index in [1.54, 1.807) is 12.4 Å². The summed E-state index contributed by atoms with van der Waals surface area (Å²) in [5.41, 5.74) is 7.21. The monoisotopic (exact) mass is 663 g/mol. The molecule has 0 radical (unpaired) electrons. The highest BCUT2D eigenvalue weighted by Gasteiger charge is 2.27. The lowest BCUT2D eigenvalue weighted by Crippen LogP contribution is -2.23. The molecule has 0 atom stereocenters. The number of nitrogens with one attached hydrogen (secondary N) is 2. The minimum atomic E-state index is -0.285. The fourth-order valence-corrected chi connectivity index (χ4v) is 6.77. The van der Waals surface area contributed by atoms with Crippen LogP contribution < -0.4 is 15.5 Å². The topological polar surface area (TPSA) is 87.2 Å². The maximum absolute atomic E-state index is 14.5. The summed E-state index contributed by atoms with van der Waals surface area (Å²) in [5.74, 6) is -0.569. The minimum absolute atomic E-state index is 0.285. The van der Waals surface area contributed by atoms with Crippen molar-refractivity contribution in [3.8, 4) is 0 Å². The van der Waals surface area contributed by atoms with Gasteiger partial charge in [-0.1, -0.05) is 91.0 Å². The molecule has 7 nitrogen and oxygen atoms in total. The van der Waals surface area contributed by atoms with Gasteiger partial charge >= 0.3 is 0 Å². The Labute approximate surface area is 295 Å². The SMILES string of the molecule is Cc1cccc(N(c2ccc3ccccc3c2)c2cccc(C)c2C(=O)Nc2cccc3cccnc23)c1C(=O)Nc1cccc2cccnc12. The summed E-state index contributed by atoms with van der Waals surface area (Å²) >= 11 is 0. The van der Waals surface area contributed by atoms with Gasteiger partial charge in [-0.05, 0) is 84.3 Å². The van der Waals surface area contributed by atoms with Gasteiger partial charge in [0.1, 0.15) is 0 Å². The first-order valence-corrected chi connectivity index (χ1v) is 16.7. The summed E-state index contributed by atoms with van der Waals surface area (Å²) in [7, 11) is 0. The number of benzene rings is 6. The highest BCUT2D eigenvalue weighted by atomic mass is 16.2. The number of rotatable bonds is 7. The number of hydrogen-bond acceptors (Lipinski definition) is 5. The summed E-state index contributed by atoms with van der Waals surface area (Å²) in [6, 6.07) is 45.1. The van der Waals surface area contributed by atoms with Crippen molar-refractivity contribution in [1.82, 2.24) is 9.97 Å². The number of para-hydroxylation sites is 2. The number of aryl methyl sites for hydroxylation is 2. The van der Waals surface area contributed by atoms with Gasteiger partial charge in [0, 0.05) is 28.9 Å². The summed E-state index contributed by atoms with van der Waals surface area (Å²) < 4.78 is 0. The Hall–Kier alpha value is -6.86. The molecule has 0 fully saturated rings. The average molecular weight is 664 g/mol. The number of anilines is 5. The Morgan fingerprint density at radius 3 is 1.51 bits per heavy atom. The van der Waals surface area contributed by atoms with Gasteiger partial charge in [0.05, 0.1) is 44.9 Å². The van der Waals surface area contributed by atoms with E-state index < -0.39 is 0 Å². The van der Waals surface area contributed by atoms with Crippen molar-refractivity contribution in [2.24, 2.45) is 0 Å². The molecule has 8 rings (SSSR count). The molecule has 0 saturated heterocycles. The molecule has 51 heavy (non-hydrogen) atoms. The van der Waals surface area contributed by atoms with E-state index >= 15 is 0 Å². The predicted octanol–water partition coefficient (Wildman–Crippen LogP) is 10.5. The predicted molar refractivity (Wildman–Crippen MR) is 207 cm³/mol. The summed E-state index contributed by atoms with van der Waals surface area (Å²) in [6.45, 7) is 3.85. The van der Waals surface area contributed by atoms with Crippen LogP contribution in [0.5, 0.6) is 0 Å². The van der Waals surface area contributed by atoms with Crippen LogP contribution in [0.4, 0.5) is 28.4 Å². The van der Waals surface area contributed by atoms with Crippen LogP contribution in [0.1, 0.15) is 31.8 Å². The molecule has 246 valence electrons. The van der Waals surface area contributed by atoms with Crippen molar-refractivity contribution in [2.75, 3.05) is 15.5 Å². The number of aromatic nitrogens is 2. The summed E-state index contributed by atoms with van der Waals surface area (Å²) in [5, 5.41) is 10.3. The molecule has 0 bridgehead atoms. The third kappa shape index (κ3) is 5.91. The second-order valence-corrected chi connectivity index (χ2v) is 12.5. The van der Waals surface area contributed by atoms with Gasteiger partial charge in [0.25, 0.3) is 11.8 Å². The molecule has 2 aromatic heterocycles. The summed E-state index contributed by atoms with van der Waals surface area (Å²) in [6.07, 6.45) is 3.44. The maximum atomic E-state index is 14.5. The van der Waals surface area contributed by atoms with Gasteiger partial charge in [0.2, 0.25) is 0 Å². The normalized spacial score (nSPS) is 11.1. The van der Waals surface area contributed by atoms with Gasteiger partial charge < -0.3 is 15.5 Å². The van der Waals surface area contributed by atoms with Crippen molar-refractivity contribution in [1.29, 1.82) is 0 Å². The zero-order chi connectivity index (χ0) is 34.9. The van der Waals surface area contributed by atoms with Gasteiger partial charge in [-0.3, -0.25) is 19.6 Å². The molecule has 0 saturated carbocycles. The molecule has 8 aromatic rings. The average Bonchev–Trinajstić information content (AvgIpc) is 3.15. The van der Waals surface area contributed by atoms with E-state index in [2.05, 4.69) is 44.9 Å². The lowest BCUT2D eigenvalue weighted by Gasteiger charge is -2.30. The molecule has 7 heteroatoms. The minimum Gasteiger partial charge on any atom is -0.320 e. The van der Waals surface area contributed by atoms with Crippen LogP contribution >= 0.6 is 0 Å². The van der Waals surface area contributed by atoms with Crippen molar-refractivity contribution >= 4 is 72.8 Å². The smallest absolute Gasteiger partial charge is 0.258 e. The van der Waals surface area contributed by atoms with Crippen LogP contribution in [0.25, 0.3) is 32.6 Å². The molecule has 0 spiro atoms. The third-order valence-corrected chi connectivity index (χ3v) is 9.19. The second-order valence-electron chi connectivity index (χ2n) is 12.5. The van der Waals surface area contributed by atoms with Crippen LogP contribution in [0, 0.1) is 13.8 Å². The van der Waals surface area contributed by atoms with E-state index in [9.17, 15) is 9.59 Å². The van der Waals surface area contributed by atoms with Crippen LogP contribution in [-0.4, -0.2) is 21.8 Å². The standard InChI is InChI=1S/C44H33N5O2/c1-28-11-5-21-37(39(28)43(50)47-35-19-7-15-31-17-9-25-45-41(31)35)49(34-24-23-30-13-3-4-14-33(30)27-34)38-22-6-12-29(2)40(38)44(51)48-36-20-8-16-32-18-10-26-46-42(32)36/h3-27H,1-2H3,(H,47,50)(H,48,51). The molecule has 6 aromatic carbocycles. The number of pyridine rings is 2. The van der Waals surface area contributed by atoms with Crippen LogP contribution in [0.2, 0.25) is 0 Å². The molecule has 2 amide bonds. The fourth-order valence-electron chi connectivity index (χ4n) is 6.77. The van der Waals surface area contributed by atoms with Gasteiger partial charge in [-0.2, -0.15) is 0 Å². The molecular weight excluding hydrogens is 631 g/mol. The third-order valence-electron chi connectivity index (χ3n) is 9.19. The van der Waals surface area contributed by atoms with Gasteiger partial charge in [-0.15, -0.1) is 0 Å². The number of amides is 2. The zero-order valence-corrected chi connectivity index (χ0v) is 28.1. The summed E-state index contributed by atoms with van der Waals surface area (Å²) in [4.78, 5) is 40.1. The van der Waals surface area contributed by atoms with Crippen LogP contribution in [0.3, 0.4) is 0 Å². The van der Waals surface area contributed by atoms with E-state index in [1.165, 1.54) is 0 Å². The Kier molecular flexibility index (Phi) is 8.14. The van der Waals surface area contributed by atoms with Crippen molar-refractivity contribution in [2.45, 2.75) is 13.8 Å². The van der Waals surface area contributed by atoms with Crippen LogP contribution in [-0.2, 0) is 0 Å². The lowest BCUT2D eigenvalue weighted by molar-refractivity contribution is 0.101. The van der Waals surface area contributed by atoms with E-state index in [-0.39, 0.29) is 11.8 Å². The second kappa shape index (κ2) is 13.2. The van der Waals surface area contributed by atoms with Crippen molar-refractivity contribution < 1.29 is 9.59 Å². The molecule has 2 N–H and O–H groups in total. The van der Waals surface area contributed by atoms with Crippen molar-refractivity contribution in [3.05, 3.63) is 174 Å². The molecule has 0 unspecified atom stereocenters. The van der Waals surface area contributed by atoms with E-state index in [1.807, 2.05) is 134 Å². The Morgan fingerprint density at radius 2 is 0.961 bits per heavy atom. The van der Waals surface area contributed by atoms with E-state index in [0.29, 0.717) is 44.9 Å². The Bertz CT molecular complexity index is 2480. The maximum Gasteiger partial charge on any atom is 0.258 e. The van der Waals surface area contributed by atoms with E-state index in [4.69, 9.17) is 0 Å². The van der Waals surface area contributed by atoms with Crippen LogP contribution in [0.15, 0.2) is 152 Å². The number of carbonyl (C=O) groups excluding carboxylic acids is 2. The molecule has 0 aliphatic rings. The first-order valence-electron chi connectivity index (χ1n) is 16.7. The number of hydrogen-bond donors (Lipinski definition) is 2. The van der Waals surface area contributed by atoms with Gasteiger partial charge in [0.15, 0.2) is 0 Å². The largest absolute Gasteiger partial charge is 0.320 e. The molecule has 0 aliphatic carbocycles. The molecular formula is C44H33N5O2. The van der Waals surface area contributed by atoms with Gasteiger partial charge in [-0.25, -0.2) is 0 Å². The number of nitrogens with zero attached hydrogens (tertiary/aromatic N) is 3. The molecule has 2 heterocycles. The zero-order valence-electron chi connectivity index (χ0n) is 28.1. The first kappa shape index (κ1) is 31.4. The Balaban J connectivity index is 1.30. The van der Waals surface area contributed by atoms with E-state index in [0.717, 1.165) is 38.4 Å². The fraction of sp³-hybridized carbons (Fsp3) is 0.0455. The lowest BCUT2D eigenvalue weighted by atomic mass is 9.99. The Morgan fingerprint density at radius 1 is 0.490 bits per heavy atom. The number of fused-ring (bicyclic) bond motifs is 3. The molecule has 0 aliphatic heterocycles. The highest BCUT2D eigenvalue weighted by molar-refractivity contribution is 6.16. The number of carbonyl (C=O) groups is 2. The van der Waals surface area contributed by atoms with Crippen molar-refractivity contribution in [3.63, 3.8) is 0 Å².